The molecular weight excluding hydrogens is 190 g/mol. The van der Waals surface area contributed by atoms with Crippen molar-refractivity contribution in [2.45, 2.75) is 12.0 Å². The highest BCUT2D eigenvalue weighted by Crippen LogP contribution is 2.38. The lowest BCUT2D eigenvalue weighted by Crippen LogP contribution is -2.22. The van der Waals surface area contributed by atoms with Crippen LogP contribution in [-0.2, 0) is 10.3 Å². The van der Waals surface area contributed by atoms with Gasteiger partial charge >= 0.3 is 5.97 Å². The second kappa shape index (κ2) is 3.25. The summed E-state index contributed by atoms with van der Waals surface area (Å²) in [5, 5.41) is 9.14. The number of esters is 1. The minimum absolute atomic E-state index is 0.312. The molecule has 0 aliphatic carbocycles. The molecule has 0 fully saturated rings. The summed E-state index contributed by atoms with van der Waals surface area (Å²) in [6.07, 6.45) is 1.89. The molecule has 0 amide bonds. The Morgan fingerprint density at radius 3 is 2.93 bits per heavy atom. The Hall–Kier alpha value is -2.08. The summed E-state index contributed by atoms with van der Waals surface area (Å²) in [7, 11) is 0. The minimum Gasteiger partial charge on any atom is -0.435 e. The zero-order chi connectivity index (χ0) is 10.9. The number of ether oxygens (including phenoxy) is 1. The molecule has 0 saturated heterocycles. The van der Waals surface area contributed by atoms with Crippen LogP contribution in [0, 0.1) is 11.3 Å². The molecular formula is C12H9NO2. The van der Waals surface area contributed by atoms with Gasteiger partial charge < -0.3 is 4.74 Å². The summed E-state index contributed by atoms with van der Waals surface area (Å²) in [5.74, 6) is -0.436. The monoisotopic (exact) mass is 199 g/mol. The van der Waals surface area contributed by atoms with Gasteiger partial charge in [-0.3, -0.25) is 0 Å². The van der Waals surface area contributed by atoms with Gasteiger partial charge in [-0.05, 0) is 6.07 Å². The number of nitriles is 1. The predicted molar refractivity (Wildman–Crippen MR) is 54.0 cm³/mol. The smallest absolute Gasteiger partial charge is 0.340 e. The van der Waals surface area contributed by atoms with Crippen LogP contribution in [0.15, 0.2) is 36.9 Å². The van der Waals surface area contributed by atoms with E-state index in [0.717, 1.165) is 0 Å². The van der Waals surface area contributed by atoms with Crippen LogP contribution in [0.1, 0.15) is 22.3 Å². The molecule has 0 N–H and O–H groups in total. The number of cyclic esters (lactones) is 1. The number of rotatable bonds is 2. The van der Waals surface area contributed by atoms with Gasteiger partial charge in [0.1, 0.15) is 6.07 Å². The molecule has 1 aromatic rings. The van der Waals surface area contributed by atoms with Gasteiger partial charge in [0.05, 0.1) is 5.56 Å². The molecule has 1 unspecified atom stereocenters. The standard InChI is InChI=1S/C12H9NO2/c1-2-7-12(8-13)10-6-4-3-5-9(10)11(14)15-12/h2-6H,1,7H2. The molecule has 2 rings (SSSR count). The Labute approximate surface area is 87.6 Å². The average Bonchev–Trinajstić information content (AvgIpc) is 2.55. The lowest BCUT2D eigenvalue weighted by Gasteiger charge is -2.18. The predicted octanol–water partition coefficient (Wildman–Crippen LogP) is 2.15. The third kappa shape index (κ3) is 1.23. The van der Waals surface area contributed by atoms with E-state index in [2.05, 4.69) is 12.6 Å². The van der Waals surface area contributed by atoms with Gasteiger partial charge in [0.2, 0.25) is 5.60 Å². The van der Waals surface area contributed by atoms with Gasteiger partial charge in [-0.25, -0.2) is 4.79 Å². The largest absolute Gasteiger partial charge is 0.435 e. The van der Waals surface area contributed by atoms with Crippen molar-refractivity contribution < 1.29 is 9.53 Å². The molecule has 74 valence electrons. The first kappa shape index (κ1) is 9.47. The van der Waals surface area contributed by atoms with Crippen LogP contribution in [0.2, 0.25) is 0 Å². The van der Waals surface area contributed by atoms with E-state index >= 15 is 0 Å². The Balaban J connectivity index is 2.61. The van der Waals surface area contributed by atoms with Crippen LogP contribution in [-0.4, -0.2) is 5.97 Å². The van der Waals surface area contributed by atoms with E-state index in [0.29, 0.717) is 17.5 Å². The molecule has 0 radical (unpaired) electrons. The van der Waals surface area contributed by atoms with E-state index in [4.69, 9.17) is 10.00 Å². The molecule has 1 atom stereocenters. The zero-order valence-electron chi connectivity index (χ0n) is 8.06. The first-order valence-corrected chi connectivity index (χ1v) is 4.58. The molecule has 1 heterocycles. The van der Waals surface area contributed by atoms with Crippen LogP contribution < -0.4 is 0 Å². The highest BCUT2D eigenvalue weighted by atomic mass is 16.6. The summed E-state index contributed by atoms with van der Waals surface area (Å²) >= 11 is 0. The van der Waals surface area contributed by atoms with E-state index in [1.165, 1.54) is 0 Å². The Morgan fingerprint density at radius 2 is 2.27 bits per heavy atom. The normalized spacial score (nSPS) is 22.7. The van der Waals surface area contributed by atoms with Gasteiger partial charge in [-0.1, -0.05) is 24.3 Å². The average molecular weight is 199 g/mol. The number of fused-ring (bicyclic) bond motifs is 1. The van der Waals surface area contributed by atoms with Crippen LogP contribution in [0.25, 0.3) is 0 Å². The fourth-order valence-electron chi connectivity index (χ4n) is 1.77. The molecule has 0 saturated carbocycles. The Morgan fingerprint density at radius 1 is 1.53 bits per heavy atom. The number of hydrogen-bond donors (Lipinski definition) is 0. The minimum atomic E-state index is -1.17. The summed E-state index contributed by atoms with van der Waals surface area (Å²) in [4.78, 5) is 11.5. The van der Waals surface area contributed by atoms with Crippen molar-refractivity contribution in [1.29, 1.82) is 5.26 Å². The molecule has 0 bridgehead atoms. The van der Waals surface area contributed by atoms with Gasteiger partial charge in [0, 0.05) is 12.0 Å². The summed E-state index contributed by atoms with van der Waals surface area (Å²) in [6.45, 7) is 3.57. The second-order valence-corrected chi connectivity index (χ2v) is 3.37. The van der Waals surface area contributed by atoms with E-state index in [1.54, 1.807) is 30.3 Å². The molecule has 1 aromatic carbocycles. The Bertz CT molecular complexity index is 473. The van der Waals surface area contributed by atoms with Crippen LogP contribution in [0.3, 0.4) is 0 Å². The summed E-state index contributed by atoms with van der Waals surface area (Å²) in [6, 6.07) is 9.00. The SMILES string of the molecule is C=CCC1(C#N)OC(=O)c2ccccc21. The summed E-state index contributed by atoms with van der Waals surface area (Å²) < 4.78 is 5.14. The maximum absolute atomic E-state index is 11.5. The number of carbonyl (C=O) groups excluding carboxylic acids is 1. The molecule has 0 aromatic heterocycles. The zero-order valence-corrected chi connectivity index (χ0v) is 8.06. The van der Waals surface area contributed by atoms with E-state index < -0.39 is 11.6 Å². The van der Waals surface area contributed by atoms with Gasteiger partial charge in [0.25, 0.3) is 0 Å². The van der Waals surface area contributed by atoms with Crippen LogP contribution >= 0.6 is 0 Å². The number of carbonyl (C=O) groups is 1. The van der Waals surface area contributed by atoms with Crippen LogP contribution in [0.4, 0.5) is 0 Å². The van der Waals surface area contributed by atoms with E-state index in [1.807, 2.05) is 0 Å². The van der Waals surface area contributed by atoms with Crippen molar-refractivity contribution in [2.24, 2.45) is 0 Å². The fourth-order valence-corrected chi connectivity index (χ4v) is 1.77. The lowest BCUT2D eigenvalue weighted by molar-refractivity contribution is 0.0179. The van der Waals surface area contributed by atoms with E-state index in [-0.39, 0.29) is 0 Å². The van der Waals surface area contributed by atoms with E-state index in [9.17, 15) is 4.79 Å². The third-order valence-corrected chi connectivity index (χ3v) is 2.46. The topological polar surface area (TPSA) is 50.1 Å². The van der Waals surface area contributed by atoms with Crippen LogP contribution in [0.5, 0.6) is 0 Å². The van der Waals surface area contributed by atoms with Crippen molar-refractivity contribution in [3.05, 3.63) is 48.0 Å². The molecule has 1 aliphatic heterocycles. The molecule has 0 spiro atoms. The van der Waals surface area contributed by atoms with Crippen molar-refractivity contribution >= 4 is 5.97 Å². The molecule has 1 aliphatic rings. The van der Waals surface area contributed by atoms with Gasteiger partial charge in [0.15, 0.2) is 0 Å². The quantitative estimate of drug-likeness (QED) is 0.541. The molecule has 15 heavy (non-hydrogen) atoms. The van der Waals surface area contributed by atoms with Crippen molar-refractivity contribution in [2.75, 3.05) is 0 Å². The highest BCUT2D eigenvalue weighted by molar-refractivity contribution is 5.95. The molecule has 3 heteroatoms. The second-order valence-electron chi connectivity index (χ2n) is 3.37. The summed E-state index contributed by atoms with van der Waals surface area (Å²) in [5.41, 5.74) is -0.0617. The van der Waals surface area contributed by atoms with Crippen molar-refractivity contribution in [1.82, 2.24) is 0 Å². The first-order valence-electron chi connectivity index (χ1n) is 4.58. The number of nitrogens with zero attached hydrogens (tertiary/aromatic N) is 1. The van der Waals surface area contributed by atoms with Crippen molar-refractivity contribution in [3.8, 4) is 6.07 Å². The maximum Gasteiger partial charge on any atom is 0.340 e. The van der Waals surface area contributed by atoms with Crippen molar-refractivity contribution in [3.63, 3.8) is 0 Å². The number of benzene rings is 1. The first-order chi connectivity index (χ1) is 7.23. The maximum atomic E-state index is 11.5. The van der Waals surface area contributed by atoms with Gasteiger partial charge in [-0.2, -0.15) is 5.26 Å². The van der Waals surface area contributed by atoms with Gasteiger partial charge in [-0.15, -0.1) is 6.58 Å². The Kier molecular flexibility index (Phi) is 2.05. The fraction of sp³-hybridized carbons (Fsp3) is 0.167. The third-order valence-electron chi connectivity index (χ3n) is 2.46. The lowest BCUT2D eigenvalue weighted by atomic mass is 9.91. The number of hydrogen-bond acceptors (Lipinski definition) is 3. The highest BCUT2D eigenvalue weighted by Gasteiger charge is 2.44. The molecule has 3 nitrogen and oxygen atoms in total.